The number of hydrogen-bond donors (Lipinski definition) is 3. The molecule has 2 heterocycles. The molecule has 0 atom stereocenters. The van der Waals surface area contributed by atoms with Crippen LogP contribution in [0.25, 0.3) is 22.4 Å². The van der Waals surface area contributed by atoms with Crippen LogP contribution in [0.2, 0.25) is 0 Å². The topological polar surface area (TPSA) is 101 Å². The van der Waals surface area contributed by atoms with Crippen molar-refractivity contribution in [2.45, 2.75) is 32.7 Å². The molecule has 4 rings (SSSR count). The van der Waals surface area contributed by atoms with Crippen molar-refractivity contribution in [2.24, 2.45) is 0 Å². The first-order chi connectivity index (χ1) is 15.6. The summed E-state index contributed by atoms with van der Waals surface area (Å²) in [6.45, 7) is 3.61. The molecule has 0 aliphatic heterocycles. The number of carbonyl (C=O) groups excluding carboxylic acids is 1. The van der Waals surface area contributed by atoms with Gasteiger partial charge in [-0.25, -0.2) is 4.98 Å². The van der Waals surface area contributed by atoms with Crippen molar-refractivity contribution in [1.82, 2.24) is 30.0 Å². The summed E-state index contributed by atoms with van der Waals surface area (Å²) in [5, 5.41) is 10.1. The molecule has 0 saturated carbocycles. The van der Waals surface area contributed by atoms with Crippen LogP contribution in [0, 0.1) is 4.77 Å². The minimum absolute atomic E-state index is 0.0182. The third-order valence-electron chi connectivity index (χ3n) is 5.10. The maximum Gasteiger partial charge on any atom is 0.221 e. The molecule has 166 valence electrons. The van der Waals surface area contributed by atoms with Gasteiger partial charge in [0.25, 0.3) is 0 Å². The van der Waals surface area contributed by atoms with E-state index in [0.717, 1.165) is 41.0 Å². The Labute approximate surface area is 191 Å². The number of aryl methyl sites for hydroxylation is 1. The van der Waals surface area contributed by atoms with E-state index < -0.39 is 0 Å². The summed E-state index contributed by atoms with van der Waals surface area (Å²) in [6, 6.07) is 15.6. The zero-order valence-corrected chi connectivity index (χ0v) is 18.7. The number of carbonyl (C=O) groups is 1. The van der Waals surface area contributed by atoms with E-state index in [9.17, 15) is 4.79 Å². The molecule has 0 radical (unpaired) electrons. The van der Waals surface area contributed by atoms with Gasteiger partial charge in [-0.05, 0) is 62.0 Å². The molecule has 2 aromatic carbocycles. The van der Waals surface area contributed by atoms with E-state index in [0.29, 0.717) is 36.7 Å². The fraction of sp³-hybridized carbons (Fsp3) is 0.304. The summed E-state index contributed by atoms with van der Waals surface area (Å²) < 4.78 is 7.83. The van der Waals surface area contributed by atoms with E-state index in [2.05, 4.69) is 25.5 Å². The second-order valence-electron chi connectivity index (χ2n) is 7.37. The van der Waals surface area contributed by atoms with Crippen LogP contribution in [0.15, 0.2) is 48.5 Å². The van der Waals surface area contributed by atoms with Crippen LogP contribution in [-0.2, 0) is 17.8 Å². The van der Waals surface area contributed by atoms with E-state index >= 15 is 0 Å². The molecule has 0 aliphatic rings. The van der Waals surface area contributed by atoms with Gasteiger partial charge in [0.15, 0.2) is 10.6 Å². The minimum Gasteiger partial charge on any atom is -0.494 e. The first-order valence-corrected chi connectivity index (χ1v) is 11.1. The molecule has 3 N–H and O–H groups in total. The van der Waals surface area contributed by atoms with Crippen molar-refractivity contribution in [3.8, 4) is 17.1 Å². The van der Waals surface area contributed by atoms with E-state index in [1.807, 2.05) is 60.0 Å². The third-order valence-corrected chi connectivity index (χ3v) is 5.41. The zero-order valence-electron chi connectivity index (χ0n) is 17.9. The molecule has 0 bridgehead atoms. The summed E-state index contributed by atoms with van der Waals surface area (Å²) in [5.74, 6) is 2.43. The van der Waals surface area contributed by atoms with Crippen LogP contribution in [0.4, 0.5) is 0 Å². The van der Waals surface area contributed by atoms with E-state index in [1.54, 1.807) is 0 Å². The number of aromatic amines is 2. The van der Waals surface area contributed by atoms with Crippen molar-refractivity contribution >= 4 is 29.2 Å². The molecule has 0 fully saturated rings. The number of nitrogens with zero attached hydrogens (tertiary/aromatic N) is 3. The summed E-state index contributed by atoms with van der Waals surface area (Å²) in [6.07, 6.45) is 1.92. The van der Waals surface area contributed by atoms with Gasteiger partial charge in [-0.3, -0.25) is 14.5 Å². The normalized spacial score (nSPS) is 11.0. The molecule has 2 aromatic heterocycles. The highest BCUT2D eigenvalue weighted by atomic mass is 32.1. The van der Waals surface area contributed by atoms with Gasteiger partial charge < -0.3 is 15.0 Å². The lowest BCUT2D eigenvalue weighted by Crippen LogP contribution is -2.26. The third kappa shape index (κ3) is 5.23. The lowest BCUT2D eigenvalue weighted by molar-refractivity contribution is -0.121. The van der Waals surface area contributed by atoms with Gasteiger partial charge in [0, 0.05) is 31.5 Å². The molecule has 0 spiro atoms. The predicted octanol–water partition coefficient (Wildman–Crippen LogP) is 4.02. The smallest absolute Gasteiger partial charge is 0.221 e. The Morgan fingerprint density at radius 2 is 2.00 bits per heavy atom. The number of H-pyrrole nitrogens is 2. The molecular weight excluding hydrogens is 424 g/mol. The standard InChI is InChI=1S/C23H26N6O2S/c1-2-31-17-11-9-16(10-12-17)22-27-28-23(32)29(22)15-13-21(30)24-14-5-8-20-25-18-6-3-4-7-19(18)26-20/h3-4,6-7,9-12H,2,5,8,13-15H2,1H3,(H,24,30)(H,25,26)(H,28,32). The summed E-state index contributed by atoms with van der Waals surface area (Å²) in [5.41, 5.74) is 2.91. The van der Waals surface area contributed by atoms with Crippen molar-refractivity contribution < 1.29 is 9.53 Å². The molecule has 32 heavy (non-hydrogen) atoms. The number of ether oxygens (including phenoxy) is 1. The van der Waals surface area contributed by atoms with E-state index in [-0.39, 0.29) is 5.91 Å². The van der Waals surface area contributed by atoms with Crippen molar-refractivity contribution in [3.63, 3.8) is 0 Å². The lowest BCUT2D eigenvalue weighted by Gasteiger charge is -2.09. The fourth-order valence-electron chi connectivity index (χ4n) is 3.52. The quantitative estimate of drug-likeness (QED) is 0.250. The number of benzene rings is 2. The molecule has 0 aliphatic carbocycles. The van der Waals surface area contributed by atoms with Crippen molar-refractivity contribution in [3.05, 3.63) is 59.1 Å². The van der Waals surface area contributed by atoms with Crippen molar-refractivity contribution in [2.75, 3.05) is 13.2 Å². The number of rotatable bonds is 10. The maximum atomic E-state index is 12.3. The molecule has 8 nitrogen and oxygen atoms in total. The number of hydrogen-bond acceptors (Lipinski definition) is 5. The highest BCUT2D eigenvalue weighted by molar-refractivity contribution is 7.71. The van der Waals surface area contributed by atoms with Crippen LogP contribution in [0.5, 0.6) is 5.75 Å². The summed E-state index contributed by atoms with van der Waals surface area (Å²) in [7, 11) is 0. The Hall–Kier alpha value is -3.46. The van der Waals surface area contributed by atoms with Crippen LogP contribution in [0.3, 0.4) is 0 Å². The molecule has 0 saturated heterocycles. The van der Waals surface area contributed by atoms with Crippen LogP contribution in [-0.4, -0.2) is 43.8 Å². The Bertz CT molecular complexity index is 1210. The molecule has 0 unspecified atom stereocenters. The van der Waals surface area contributed by atoms with Gasteiger partial charge in [0.2, 0.25) is 5.91 Å². The molecular formula is C23H26N6O2S. The molecule has 1 amide bonds. The summed E-state index contributed by atoms with van der Waals surface area (Å²) in [4.78, 5) is 20.2. The van der Waals surface area contributed by atoms with Gasteiger partial charge in [-0.2, -0.15) is 5.10 Å². The van der Waals surface area contributed by atoms with Crippen LogP contribution >= 0.6 is 12.2 Å². The molecule has 4 aromatic rings. The number of aromatic nitrogens is 5. The SMILES string of the molecule is CCOc1ccc(-c2n[nH]c(=S)n2CCC(=O)NCCCc2nc3ccccc3[nH]2)cc1. The minimum atomic E-state index is -0.0182. The predicted molar refractivity (Wildman–Crippen MR) is 126 cm³/mol. The first-order valence-electron chi connectivity index (χ1n) is 10.7. The number of amides is 1. The summed E-state index contributed by atoms with van der Waals surface area (Å²) >= 11 is 5.36. The lowest BCUT2D eigenvalue weighted by atomic mass is 10.2. The Morgan fingerprint density at radius 3 is 2.78 bits per heavy atom. The first kappa shape index (κ1) is 21.8. The average Bonchev–Trinajstić information content (AvgIpc) is 3.39. The highest BCUT2D eigenvalue weighted by Crippen LogP contribution is 2.21. The van der Waals surface area contributed by atoms with E-state index in [1.165, 1.54) is 0 Å². The van der Waals surface area contributed by atoms with Gasteiger partial charge in [0.1, 0.15) is 11.6 Å². The fourth-order valence-corrected chi connectivity index (χ4v) is 3.75. The van der Waals surface area contributed by atoms with Crippen molar-refractivity contribution in [1.29, 1.82) is 0 Å². The number of imidazole rings is 1. The molecule has 9 heteroatoms. The number of para-hydroxylation sites is 2. The number of nitrogens with one attached hydrogen (secondary N) is 3. The van der Waals surface area contributed by atoms with Gasteiger partial charge in [0.05, 0.1) is 17.6 Å². The second-order valence-corrected chi connectivity index (χ2v) is 7.75. The Kier molecular flexibility index (Phi) is 6.96. The maximum absolute atomic E-state index is 12.3. The Balaban J connectivity index is 1.26. The zero-order chi connectivity index (χ0) is 22.3. The van der Waals surface area contributed by atoms with Crippen LogP contribution < -0.4 is 10.1 Å². The van der Waals surface area contributed by atoms with E-state index in [4.69, 9.17) is 17.0 Å². The number of fused-ring (bicyclic) bond motifs is 1. The highest BCUT2D eigenvalue weighted by Gasteiger charge is 2.11. The monoisotopic (exact) mass is 450 g/mol. The van der Waals surface area contributed by atoms with Gasteiger partial charge in [-0.15, -0.1) is 0 Å². The second kappa shape index (κ2) is 10.2. The largest absolute Gasteiger partial charge is 0.494 e. The average molecular weight is 451 g/mol. The van der Waals surface area contributed by atoms with Gasteiger partial charge >= 0.3 is 0 Å². The van der Waals surface area contributed by atoms with Crippen LogP contribution in [0.1, 0.15) is 25.6 Å². The Morgan fingerprint density at radius 1 is 1.19 bits per heavy atom. The van der Waals surface area contributed by atoms with Gasteiger partial charge in [-0.1, -0.05) is 12.1 Å².